The molecule has 0 unspecified atom stereocenters. The van der Waals surface area contributed by atoms with Crippen LogP contribution >= 0.6 is 15.9 Å². The van der Waals surface area contributed by atoms with E-state index in [4.69, 9.17) is 0 Å². The zero-order valence-electron chi connectivity index (χ0n) is 10.5. The molecule has 0 saturated heterocycles. The lowest BCUT2D eigenvalue weighted by Gasteiger charge is -2.08. The molecule has 20 heavy (non-hydrogen) atoms. The number of hydrogen-bond donors (Lipinski definition) is 0. The third-order valence-electron chi connectivity index (χ3n) is 3.18. The van der Waals surface area contributed by atoms with E-state index in [1.807, 2.05) is 18.2 Å². The minimum absolute atomic E-state index is 0.0759. The summed E-state index contributed by atoms with van der Waals surface area (Å²) in [4.78, 5) is 12.4. The van der Waals surface area contributed by atoms with Crippen LogP contribution in [0.3, 0.4) is 0 Å². The molecule has 2 aromatic carbocycles. The minimum atomic E-state index is -0.293. The van der Waals surface area contributed by atoms with Gasteiger partial charge in [0, 0.05) is 16.1 Å². The molecule has 4 heteroatoms. The summed E-state index contributed by atoms with van der Waals surface area (Å²) in [6, 6.07) is 13.8. The van der Waals surface area contributed by atoms with Gasteiger partial charge in [-0.2, -0.15) is 0 Å². The van der Waals surface area contributed by atoms with E-state index in [2.05, 4.69) is 15.9 Å². The average Bonchev–Trinajstić information content (AvgIpc) is 2.43. The standard InChI is InChI=1S/C16H11BrFNO/c17-13-5-4-12-6-7-19(16(20)15(12)9-13)10-11-2-1-3-14(18)8-11/h1-9H,10H2. The fourth-order valence-corrected chi connectivity index (χ4v) is 2.57. The molecule has 0 radical (unpaired) electrons. The Morgan fingerprint density at radius 2 is 1.95 bits per heavy atom. The first-order valence-electron chi connectivity index (χ1n) is 6.17. The van der Waals surface area contributed by atoms with E-state index in [-0.39, 0.29) is 11.4 Å². The molecular weight excluding hydrogens is 321 g/mol. The maximum Gasteiger partial charge on any atom is 0.258 e. The van der Waals surface area contributed by atoms with Crippen LogP contribution in [-0.2, 0) is 6.54 Å². The quantitative estimate of drug-likeness (QED) is 0.696. The maximum absolute atomic E-state index is 13.2. The van der Waals surface area contributed by atoms with Gasteiger partial charge in [0.1, 0.15) is 5.82 Å². The van der Waals surface area contributed by atoms with Gasteiger partial charge in [-0.15, -0.1) is 0 Å². The molecule has 3 rings (SSSR count). The number of halogens is 2. The van der Waals surface area contributed by atoms with Gasteiger partial charge in [-0.05, 0) is 41.3 Å². The van der Waals surface area contributed by atoms with Crippen molar-refractivity contribution in [2.75, 3.05) is 0 Å². The van der Waals surface area contributed by atoms with E-state index in [0.29, 0.717) is 11.9 Å². The zero-order valence-corrected chi connectivity index (χ0v) is 12.1. The topological polar surface area (TPSA) is 22.0 Å². The van der Waals surface area contributed by atoms with Gasteiger partial charge in [0.25, 0.3) is 5.56 Å². The molecule has 0 aliphatic rings. The second-order valence-corrected chi connectivity index (χ2v) is 5.53. The Morgan fingerprint density at radius 3 is 2.75 bits per heavy atom. The zero-order chi connectivity index (χ0) is 14.1. The van der Waals surface area contributed by atoms with Gasteiger partial charge in [0.05, 0.1) is 6.54 Å². The van der Waals surface area contributed by atoms with Crippen LogP contribution in [0.4, 0.5) is 4.39 Å². The predicted molar refractivity (Wildman–Crippen MR) is 81.4 cm³/mol. The maximum atomic E-state index is 13.2. The second kappa shape index (κ2) is 5.21. The number of rotatable bonds is 2. The lowest BCUT2D eigenvalue weighted by Crippen LogP contribution is -2.20. The van der Waals surface area contributed by atoms with Crippen molar-refractivity contribution < 1.29 is 4.39 Å². The van der Waals surface area contributed by atoms with Crippen LogP contribution in [0.25, 0.3) is 10.8 Å². The SMILES string of the molecule is O=c1c2cc(Br)ccc2ccn1Cc1cccc(F)c1. The van der Waals surface area contributed by atoms with Crippen LogP contribution in [0.2, 0.25) is 0 Å². The molecule has 0 aliphatic carbocycles. The molecule has 0 saturated carbocycles. The molecular formula is C16H11BrFNO. The van der Waals surface area contributed by atoms with Crippen LogP contribution in [0.1, 0.15) is 5.56 Å². The van der Waals surface area contributed by atoms with Crippen molar-refractivity contribution in [2.45, 2.75) is 6.54 Å². The fraction of sp³-hybridized carbons (Fsp3) is 0.0625. The molecule has 2 nitrogen and oxygen atoms in total. The lowest BCUT2D eigenvalue weighted by atomic mass is 10.1. The Balaban J connectivity index is 2.08. The molecule has 0 amide bonds. The van der Waals surface area contributed by atoms with Gasteiger partial charge >= 0.3 is 0 Å². The van der Waals surface area contributed by atoms with Crippen molar-refractivity contribution in [1.29, 1.82) is 0 Å². The number of pyridine rings is 1. The molecule has 0 fully saturated rings. The number of hydrogen-bond acceptors (Lipinski definition) is 1. The van der Waals surface area contributed by atoms with E-state index in [1.54, 1.807) is 29.0 Å². The van der Waals surface area contributed by atoms with Crippen LogP contribution in [0, 0.1) is 5.82 Å². The van der Waals surface area contributed by atoms with Gasteiger partial charge in [-0.25, -0.2) is 4.39 Å². The molecule has 0 bridgehead atoms. The molecule has 1 aromatic heterocycles. The first-order valence-corrected chi connectivity index (χ1v) is 6.96. The third kappa shape index (κ3) is 2.51. The highest BCUT2D eigenvalue weighted by Crippen LogP contribution is 2.17. The Bertz CT molecular complexity index is 841. The van der Waals surface area contributed by atoms with Gasteiger partial charge in [0.2, 0.25) is 0 Å². The van der Waals surface area contributed by atoms with E-state index >= 15 is 0 Å². The molecule has 1 heterocycles. The van der Waals surface area contributed by atoms with Crippen molar-refractivity contribution in [1.82, 2.24) is 4.57 Å². The monoisotopic (exact) mass is 331 g/mol. The molecule has 100 valence electrons. The van der Waals surface area contributed by atoms with Gasteiger partial charge in [-0.3, -0.25) is 4.79 Å². The number of nitrogens with zero attached hydrogens (tertiary/aromatic N) is 1. The van der Waals surface area contributed by atoms with Crippen molar-refractivity contribution in [2.24, 2.45) is 0 Å². The van der Waals surface area contributed by atoms with Crippen molar-refractivity contribution in [3.05, 3.63) is 80.9 Å². The third-order valence-corrected chi connectivity index (χ3v) is 3.68. The van der Waals surface area contributed by atoms with Crippen molar-refractivity contribution in [3.63, 3.8) is 0 Å². The number of aromatic nitrogens is 1. The Kier molecular flexibility index (Phi) is 3.40. The lowest BCUT2D eigenvalue weighted by molar-refractivity contribution is 0.623. The Hall–Kier alpha value is -1.94. The minimum Gasteiger partial charge on any atom is -0.311 e. The predicted octanol–water partition coefficient (Wildman–Crippen LogP) is 3.95. The van der Waals surface area contributed by atoms with Gasteiger partial charge < -0.3 is 4.57 Å². The largest absolute Gasteiger partial charge is 0.311 e. The highest BCUT2D eigenvalue weighted by molar-refractivity contribution is 9.10. The summed E-state index contributed by atoms with van der Waals surface area (Å²) in [6.07, 6.45) is 1.74. The summed E-state index contributed by atoms with van der Waals surface area (Å²) >= 11 is 3.37. The van der Waals surface area contributed by atoms with Crippen molar-refractivity contribution >= 4 is 26.7 Å². The van der Waals surface area contributed by atoms with Gasteiger partial charge in [0.15, 0.2) is 0 Å². The van der Waals surface area contributed by atoms with Gasteiger partial charge in [-0.1, -0.05) is 34.1 Å². The highest BCUT2D eigenvalue weighted by atomic mass is 79.9. The second-order valence-electron chi connectivity index (χ2n) is 4.61. The van der Waals surface area contributed by atoms with Crippen LogP contribution in [0.5, 0.6) is 0 Å². The summed E-state index contributed by atoms with van der Waals surface area (Å²) in [6.45, 7) is 0.360. The van der Waals surface area contributed by atoms with E-state index in [9.17, 15) is 9.18 Å². The molecule has 3 aromatic rings. The smallest absolute Gasteiger partial charge is 0.258 e. The average molecular weight is 332 g/mol. The van der Waals surface area contributed by atoms with Crippen molar-refractivity contribution in [3.8, 4) is 0 Å². The Morgan fingerprint density at radius 1 is 1.10 bits per heavy atom. The highest BCUT2D eigenvalue weighted by Gasteiger charge is 2.04. The Labute approximate surface area is 123 Å². The van der Waals surface area contributed by atoms with E-state index < -0.39 is 0 Å². The van der Waals surface area contributed by atoms with Crippen LogP contribution in [-0.4, -0.2) is 4.57 Å². The molecule has 0 atom stereocenters. The summed E-state index contributed by atoms with van der Waals surface area (Å²) < 4.78 is 15.6. The first kappa shape index (κ1) is 13.1. The summed E-state index contributed by atoms with van der Waals surface area (Å²) in [7, 11) is 0. The first-order chi connectivity index (χ1) is 9.63. The van der Waals surface area contributed by atoms with E-state index in [0.717, 1.165) is 15.4 Å². The molecule has 0 N–H and O–H groups in total. The summed E-state index contributed by atoms with van der Waals surface area (Å²) in [5.74, 6) is -0.293. The normalized spacial score (nSPS) is 10.9. The summed E-state index contributed by atoms with van der Waals surface area (Å²) in [5, 5.41) is 1.55. The molecule has 0 aliphatic heterocycles. The van der Waals surface area contributed by atoms with E-state index in [1.165, 1.54) is 12.1 Å². The summed E-state index contributed by atoms with van der Waals surface area (Å²) in [5.41, 5.74) is 0.689. The van der Waals surface area contributed by atoms with Crippen LogP contribution < -0.4 is 5.56 Å². The molecule has 0 spiro atoms. The fourth-order valence-electron chi connectivity index (χ4n) is 2.21. The van der Waals surface area contributed by atoms with Crippen LogP contribution in [0.15, 0.2) is 64.0 Å². The number of benzene rings is 2. The number of fused-ring (bicyclic) bond motifs is 1.